The summed E-state index contributed by atoms with van der Waals surface area (Å²) in [5, 5.41) is 12.6. The van der Waals surface area contributed by atoms with Crippen LogP contribution in [0, 0.1) is 5.82 Å². The minimum Gasteiger partial charge on any atom is -0.508 e. The average molecular weight is 315 g/mol. The number of hydrogen-bond acceptors (Lipinski definition) is 2. The van der Waals surface area contributed by atoms with Gasteiger partial charge in [0.1, 0.15) is 11.6 Å². The van der Waals surface area contributed by atoms with Crippen LogP contribution in [0.15, 0.2) is 53.5 Å². The monoisotopic (exact) mass is 315 g/mol. The lowest BCUT2D eigenvalue weighted by Gasteiger charge is -2.22. The first kappa shape index (κ1) is 16.8. The molecule has 2 N–H and O–H groups in total. The van der Waals surface area contributed by atoms with Crippen LogP contribution >= 0.6 is 0 Å². The third kappa shape index (κ3) is 5.29. The molecule has 0 aromatic heterocycles. The first-order valence-corrected chi connectivity index (χ1v) is 7.60. The molecule has 5 heteroatoms. The molecule has 2 aromatic carbocycles. The van der Waals surface area contributed by atoms with E-state index in [0.29, 0.717) is 13.1 Å². The van der Waals surface area contributed by atoms with E-state index in [1.165, 1.54) is 12.1 Å². The molecule has 2 aromatic rings. The largest absolute Gasteiger partial charge is 0.508 e. The molecule has 0 aliphatic rings. The van der Waals surface area contributed by atoms with Crippen LogP contribution in [0.4, 0.5) is 4.39 Å². The molecule has 2 rings (SSSR count). The predicted octanol–water partition coefficient (Wildman–Crippen LogP) is 3.13. The van der Waals surface area contributed by atoms with Gasteiger partial charge in [0.05, 0.1) is 6.54 Å². The second-order valence-corrected chi connectivity index (χ2v) is 5.32. The Morgan fingerprint density at radius 1 is 1.09 bits per heavy atom. The molecule has 0 spiro atoms. The number of aromatic hydroxyl groups is 1. The number of hydrogen-bond donors (Lipinski definition) is 2. The maximum atomic E-state index is 13.0. The second kappa shape index (κ2) is 8.17. The van der Waals surface area contributed by atoms with E-state index >= 15 is 0 Å². The molecule has 0 atom stereocenters. The van der Waals surface area contributed by atoms with Crippen LogP contribution in [-0.4, -0.2) is 29.6 Å². The number of phenolic OH excluding ortho intramolecular Hbond substituents is 1. The zero-order valence-electron chi connectivity index (χ0n) is 13.5. The minimum absolute atomic E-state index is 0.232. The molecule has 0 bridgehead atoms. The molecule has 0 amide bonds. The smallest absolute Gasteiger partial charge is 0.194 e. The fourth-order valence-electron chi connectivity index (χ4n) is 2.18. The lowest BCUT2D eigenvalue weighted by molar-refractivity contribution is 0.474. The van der Waals surface area contributed by atoms with Crippen molar-refractivity contribution in [1.29, 1.82) is 0 Å². The SMILES string of the molecule is CCNC(=NCc1ccc(O)cc1)N(C)Cc1ccc(F)cc1. The van der Waals surface area contributed by atoms with Crippen LogP contribution in [0.25, 0.3) is 0 Å². The molecule has 4 nitrogen and oxygen atoms in total. The number of aliphatic imine (C=N–C) groups is 1. The summed E-state index contributed by atoms with van der Waals surface area (Å²) in [6.45, 7) is 3.95. The number of benzene rings is 2. The van der Waals surface area contributed by atoms with Crippen molar-refractivity contribution in [2.24, 2.45) is 4.99 Å². The molecular weight excluding hydrogens is 293 g/mol. The van der Waals surface area contributed by atoms with Gasteiger partial charge in [0.25, 0.3) is 0 Å². The van der Waals surface area contributed by atoms with Gasteiger partial charge in [-0.3, -0.25) is 0 Å². The number of rotatable bonds is 5. The lowest BCUT2D eigenvalue weighted by atomic mass is 10.2. The van der Waals surface area contributed by atoms with Crippen LogP contribution in [0.3, 0.4) is 0 Å². The molecule has 122 valence electrons. The molecule has 0 heterocycles. The molecule has 0 saturated heterocycles. The Morgan fingerprint density at radius 2 is 1.70 bits per heavy atom. The summed E-state index contributed by atoms with van der Waals surface area (Å²) in [4.78, 5) is 6.60. The molecule has 0 fully saturated rings. The standard InChI is InChI=1S/C18H22FN3O/c1-3-20-18(21-12-14-6-10-17(23)11-7-14)22(2)13-15-4-8-16(19)9-5-15/h4-11,23H,3,12-13H2,1-2H3,(H,20,21). The Bertz CT molecular complexity index is 638. The van der Waals surface area contributed by atoms with E-state index in [-0.39, 0.29) is 11.6 Å². The zero-order valence-corrected chi connectivity index (χ0v) is 13.5. The van der Waals surface area contributed by atoms with Gasteiger partial charge in [0, 0.05) is 20.1 Å². The summed E-state index contributed by atoms with van der Waals surface area (Å²) in [6, 6.07) is 13.5. The Morgan fingerprint density at radius 3 is 2.30 bits per heavy atom. The quantitative estimate of drug-likeness (QED) is 0.658. The first-order valence-electron chi connectivity index (χ1n) is 7.60. The van der Waals surface area contributed by atoms with Gasteiger partial charge in [-0.15, -0.1) is 0 Å². The number of phenols is 1. The molecule has 0 aliphatic carbocycles. The van der Waals surface area contributed by atoms with Gasteiger partial charge < -0.3 is 15.3 Å². The van der Waals surface area contributed by atoms with Crippen LogP contribution < -0.4 is 5.32 Å². The van der Waals surface area contributed by atoms with Crippen molar-refractivity contribution in [2.45, 2.75) is 20.0 Å². The maximum absolute atomic E-state index is 13.0. The Balaban J connectivity index is 2.04. The van der Waals surface area contributed by atoms with Crippen LogP contribution in [-0.2, 0) is 13.1 Å². The van der Waals surface area contributed by atoms with Gasteiger partial charge in [0.2, 0.25) is 0 Å². The molecule has 0 saturated carbocycles. The number of nitrogens with zero attached hydrogens (tertiary/aromatic N) is 2. The van der Waals surface area contributed by atoms with Gasteiger partial charge in [-0.25, -0.2) is 9.38 Å². The van der Waals surface area contributed by atoms with E-state index in [1.54, 1.807) is 24.3 Å². The fraction of sp³-hybridized carbons (Fsp3) is 0.278. The van der Waals surface area contributed by atoms with Crippen molar-refractivity contribution in [3.63, 3.8) is 0 Å². The molecule has 0 aliphatic heterocycles. The van der Waals surface area contributed by atoms with E-state index < -0.39 is 0 Å². The number of halogens is 1. The van der Waals surface area contributed by atoms with Crippen LogP contribution in [0.2, 0.25) is 0 Å². The van der Waals surface area contributed by atoms with Crippen LogP contribution in [0.1, 0.15) is 18.1 Å². The summed E-state index contributed by atoms with van der Waals surface area (Å²) in [6.07, 6.45) is 0. The molecular formula is C18H22FN3O. The molecule has 0 radical (unpaired) electrons. The van der Waals surface area contributed by atoms with Gasteiger partial charge in [-0.1, -0.05) is 24.3 Å². The van der Waals surface area contributed by atoms with E-state index in [9.17, 15) is 9.50 Å². The van der Waals surface area contributed by atoms with Crippen molar-refractivity contribution in [2.75, 3.05) is 13.6 Å². The van der Waals surface area contributed by atoms with Gasteiger partial charge in [-0.05, 0) is 42.3 Å². The van der Waals surface area contributed by atoms with E-state index in [4.69, 9.17) is 0 Å². The average Bonchev–Trinajstić information content (AvgIpc) is 2.55. The summed E-state index contributed by atoms with van der Waals surface area (Å²) < 4.78 is 13.0. The Kier molecular flexibility index (Phi) is 5.97. The predicted molar refractivity (Wildman–Crippen MR) is 90.8 cm³/mol. The van der Waals surface area contributed by atoms with E-state index in [1.807, 2.05) is 31.0 Å². The highest BCUT2D eigenvalue weighted by Gasteiger charge is 2.06. The minimum atomic E-state index is -0.232. The topological polar surface area (TPSA) is 47.9 Å². The van der Waals surface area contributed by atoms with Gasteiger partial charge in [0.15, 0.2) is 5.96 Å². The zero-order chi connectivity index (χ0) is 16.7. The van der Waals surface area contributed by atoms with Gasteiger partial charge in [-0.2, -0.15) is 0 Å². The highest BCUT2D eigenvalue weighted by molar-refractivity contribution is 5.79. The summed E-state index contributed by atoms with van der Waals surface area (Å²) in [7, 11) is 1.95. The van der Waals surface area contributed by atoms with Crippen molar-refractivity contribution in [3.05, 3.63) is 65.5 Å². The maximum Gasteiger partial charge on any atom is 0.194 e. The lowest BCUT2D eigenvalue weighted by Crippen LogP contribution is -2.38. The van der Waals surface area contributed by atoms with Crippen LogP contribution in [0.5, 0.6) is 5.75 Å². The fourth-order valence-corrected chi connectivity index (χ4v) is 2.18. The van der Waals surface area contributed by atoms with E-state index in [0.717, 1.165) is 23.6 Å². The highest BCUT2D eigenvalue weighted by Crippen LogP contribution is 2.11. The third-order valence-electron chi connectivity index (χ3n) is 3.38. The van der Waals surface area contributed by atoms with Gasteiger partial charge >= 0.3 is 0 Å². The second-order valence-electron chi connectivity index (χ2n) is 5.32. The summed E-state index contributed by atoms with van der Waals surface area (Å²) in [5.74, 6) is 0.798. The normalized spacial score (nSPS) is 11.3. The third-order valence-corrected chi connectivity index (χ3v) is 3.38. The highest BCUT2D eigenvalue weighted by atomic mass is 19.1. The van der Waals surface area contributed by atoms with Crippen molar-refractivity contribution in [3.8, 4) is 5.75 Å². The Hall–Kier alpha value is -2.56. The van der Waals surface area contributed by atoms with E-state index in [2.05, 4.69) is 10.3 Å². The van der Waals surface area contributed by atoms with Crippen molar-refractivity contribution in [1.82, 2.24) is 10.2 Å². The summed E-state index contributed by atoms with van der Waals surface area (Å²) in [5.41, 5.74) is 2.04. The Labute approximate surface area is 136 Å². The molecule has 0 unspecified atom stereocenters. The number of guanidine groups is 1. The molecule has 23 heavy (non-hydrogen) atoms. The summed E-state index contributed by atoms with van der Waals surface area (Å²) >= 11 is 0. The first-order chi connectivity index (χ1) is 11.1. The van der Waals surface area contributed by atoms with Crippen molar-refractivity contribution >= 4 is 5.96 Å². The van der Waals surface area contributed by atoms with Crippen molar-refractivity contribution < 1.29 is 9.50 Å². The number of nitrogens with one attached hydrogen (secondary N) is 1.